The van der Waals surface area contributed by atoms with Crippen molar-refractivity contribution in [1.82, 2.24) is 0 Å². The monoisotopic (exact) mass is 231 g/mol. The summed E-state index contributed by atoms with van der Waals surface area (Å²) in [5.41, 5.74) is 7.59. The summed E-state index contributed by atoms with van der Waals surface area (Å²) in [6.07, 6.45) is 1.10. The van der Waals surface area contributed by atoms with E-state index < -0.39 is 0 Å². The van der Waals surface area contributed by atoms with Crippen molar-refractivity contribution in [1.29, 1.82) is 5.26 Å². The van der Waals surface area contributed by atoms with E-state index in [9.17, 15) is 0 Å². The van der Waals surface area contributed by atoms with E-state index in [1.165, 1.54) is 0 Å². The number of nitriles is 1. The third-order valence-electron chi connectivity index (χ3n) is 3.09. The number of hydrogen-bond acceptors (Lipinski definition) is 4. The van der Waals surface area contributed by atoms with Gasteiger partial charge in [0, 0.05) is 18.3 Å². The van der Waals surface area contributed by atoms with Gasteiger partial charge in [-0.05, 0) is 37.6 Å². The Morgan fingerprint density at radius 2 is 2.18 bits per heavy atom. The van der Waals surface area contributed by atoms with E-state index in [0.717, 1.165) is 12.1 Å². The van der Waals surface area contributed by atoms with E-state index in [1.54, 1.807) is 12.1 Å². The van der Waals surface area contributed by atoms with Crippen molar-refractivity contribution in [3.05, 3.63) is 29.8 Å². The molecule has 1 saturated carbocycles. The highest BCUT2D eigenvalue weighted by atomic mass is 16.5. The molecule has 0 aliphatic heterocycles. The van der Waals surface area contributed by atoms with E-state index in [2.05, 4.69) is 11.4 Å². The largest absolute Gasteiger partial charge is 0.378 e. The van der Waals surface area contributed by atoms with Gasteiger partial charge in [-0.15, -0.1) is 0 Å². The standard InChI is InChI=1S/C13H17N3O/c1-2-17-12-7-11(15)13(12)16-10-5-3-9(8-14)4-6-10/h3-6,11-13,16H,2,7,15H2,1H3. The third kappa shape index (κ3) is 2.57. The zero-order chi connectivity index (χ0) is 12.3. The van der Waals surface area contributed by atoms with Crippen LogP contribution in [-0.2, 0) is 4.74 Å². The predicted octanol–water partition coefficient (Wildman–Crippen LogP) is 1.47. The Morgan fingerprint density at radius 1 is 1.47 bits per heavy atom. The smallest absolute Gasteiger partial charge is 0.0991 e. The Morgan fingerprint density at radius 3 is 2.71 bits per heavy atom. The van der Waals surface area contributed by atoms with Crippen molar-refractivity contribution in [2.24, 2.45) is 5.73 Å². The topological polar surface area (TPSA) is 71.1 Å². The van der Waals surface area contributed by atoms with Gasteiger partial charge in [-0.25, -0.2) is 0 Å². The number of ether oxygens (including phenoxy) is 1. The van der Waals surface area contributed by atoms with Crippen LogP contribution in [0.3, 0.4) is 0 Å². The molecule has 0 amide bonds. The lowest BCUT2D eigenvalue weighted by atomic mass is 9.83. The lowest BCUT2D eigenvalue weighted by molar-refractivity contribution is -0.0126. The Kier molecular flexibility index (Phi) is 3.62. The molecule has 4 heteroatoms. The number of nitrogens with zero attached hydrogens (tertiary/aromatic N) is 1. The molecule has 2 rings (SSSR count). The molecule has 3 N–H and O–H groups in total. The first-order valence-electron chi connectivity index (χ1n) is 5.88. The van der Waals surface area contributed by atoms with Gasteiger partial charge in [0.15, 0.2) is 0 Å². The first-order chi connectivity index (χ1) is 8.24. The van der Waals surface area contributed by atoms with Gasteiger partial charge in [-0.1, -0.05) is 0 Å². The Bertz CT molecular complexity index is 408. The number of anilines is 1. The van der Waals surface area contributed by atoms with Gasteiger partial charge in [0.25, 0.3) is 0 Å². The molecule has 1 aromatic rings. The zero-order valence-corrected chi connectivity index (χ0v) is 9.89. The second-order valence-electron chi connectivity index (χ2n) is 4.25. The number of hydrogen-bond donors (Lipinski definition) is 2. The quantitative estimate of drug-likeness (QED) is 0.823. The highest BCUT2D eigenvalue weighted by molar-refractivity contribution is 5.48. The third-order valence-corrected chi connectivity index (χ3v) is 3.09. The van der Waals surface area contributed by atoms with Crippen LogP contribution in [0.15, 0.2) is 24.3 Å². The summed E-state index contributed by atoms with van der Waals surface area (Å²) in [6, 6.07) is 9.79. The van der Waals surface area contributed by atoms with Crippen molar-refractivity contribution in [3.8, 4) is 6.07 Å². The predicted molar refractivity (Wildman–Crippen MR) is 66.6 cm³/mol. The summed E-state index contributed by atoms with van der Waals surface area (Å²) in [4.78, 5) is 0. The molecule has 3 unspecified atom stereocenters. The maximum atomic E-state index is 8.71. The van der Waals surface area contributed by atoms with Crippen LogP contribution in [0.5, 0.6) is 0 Å². The van der Waals surface area contributed by atoms with Crippen LogP contribution in [0.4, 0.5) is 5.69 Å². The average molecular weight is 231 g/mol. The first-order valence-corrected chi connectivity index (χ1v) is 5.88. The van der Waals surface area contributed by atoms with Crippen LogP contribution in [-0.4, -0.2) is 24.8 Å². The van der Waals surface area contributed by atoms with Crippen LogP contribution < -0.4 is 11.1 Å². The molecular formula is C13H17N3O. The van der Waals surface area contributed by atoms with Gasteiger partial charge < -0.3 is 15.8 Å². The molecule has 4 nitrogen and oxygen atoms in total. The normalized spacial score (nSPS) is 27.0. The van der Waals surface area contributed by atoms with Crippen molar-refractivity contribution >= 4 is 5.69 Å². The minimum Gasteiger partial charge on any atom is -0.378 e. The fourth-order valence-electron chi connectivity index (χ4n) is 2.06. The summed E-state index contributed by atoms with van der Waals surface area (Å²) in [6.45, 7) is 2.70. The van der Waals surface area contributed by atoms with Crippen molar-refractivity contribution in [2.75, 3.05) is 11.9 Å². The average Bonchev–Trinajstić information content (AvgIpc) is 2.36. The Hall–Kier alpha value is -1.57. The molecule has 0 bridgehead atoms. The summed E-state index contributed by atoms with van der Waals surface area (Å²) in [5.74, 6) is 0. The van der Waals surface area contributed by atoms with E-state index in [4.69, 9.17) is 15.7 Å². The van der Waals surface area contributed by atoms with E-state index in [-0.39, 0.29) is 18.2 Å². The second kappa shape index (κ2) is 5.17. The highest BCUT2D eigenvalue weighted by Crippen LogP contribution is 2.26. The number of nitrogens with one attached hydrogen (secondary N) is 1. The molecule has 17 heavy (non-hydrogen) atoms. The number of benzene rings is 1. The minimum absolute atomic E-state index is 0.141. The summed E-state index contributed by atoms with van der Waals surface area (Å²) >= 11 is 0. The Balaban J connectivity index is 1.97. The molecule has 1 aromatic carbocycles. The van der Waals surface area contributed by atoms with E-state index in [1.807, 2.05) is 19.1 Å². The lowest BCUT2D eigenvalue weighted by Gasteiger charge is -2.43. The number of nitrogens with two attached hydrogens (primary N) is 1. The van der Waals surface area contributed by atoms with Gasteiger partial charge in [-0.3, -0.25) is 0 Å². The molecule has 0 radical (unpaired) electrons. The van der Waals surface area contributed by atoms with Crippen LogP contribution in [0, 0.1) is 11.3 Å². The maximum Gasteiger partial charge on any atom is 0.0991 e. The van der Waals surface area contributed by atoms with Gasteiger partial charge in [0.05, 0.1) is 23.8 Å². The Labute approximate surface area is 101 Å². The van der Waals surface area contributed by atoms with Crippen LogP contribution in [0.2, 0.25) is 0 Å². The zero-order valence-electron chi connectivity index (χ0n) is 9.89. The summed E-state index contributed by atoms with van der Waals surface area (Å²) in [5, 5.41) is 12.1. The maximum absolute atomic E-state index is 8.71. The van der Waals surface area contributed by atoms with Crippen LogP contribution >= 0.6 is 0 Å². The van der Waals surface area contributed by atoms with Crippen molar-refractivity contribution in [2.45, 2.75) is 31.5 Å². The summed E-state index contributed by atoms with van der Waals surface area (Å²) in [7, 11) is 0. The molecule has 1 aliphatic carbocycles. The van der Waals surface area contributed by atoms with E-state index >= 15 is 0 Å². The fraction of sp³-hybridized carbons (Fsp3) is 0.462. The second-order valence-corrected chi connectivity index (χ2v) is 4.25. The molecule has 0 spiro atoms. The van der Waals surface area contributed by atoms with E-state index in [0.29, 0.717) is 12.2 Å². The molecular weight excluding hydrogens is 214 g/mol. The van der Waals surface area contributed by atoms with Gasteiger partial charge in [-0.2, -0.15) is 5.26 Å². The fourth-order valence-corrected chi connectivity index (χ4v) is 2.06. The highest BCUT2D eigenvalue weighted by Gasteiger charge is 2.39. The molecule has 0 aromatic heterocycles. The van der Waals surface area contributed by atoms with Gasteiger partial charge >= 0.3 is 0 Å². The first kappa shape index (κ1) is 11.9. The SMILES string of the molecule is CCOC1CC(N)C1Nc1ccc(C#N)cc1. The molecule has 0 heterocycles. The van der Waals surface area contributed by atoms with Gasteiger partial charge in [0.1, 0.15) is 0 Å². The minimum atomic E-state index is 0.141. The molecule has 1 aliphatic rings. The molecule has 1 fully saturated rings. The van der Waals surface area contributed by atoms with Crippen molar-refractivity contribution < 1.29 is 4.74 Å². The van der Waals surface area contributed by atoms with Crippen molar-refractivity contribution in [3.63, 3.8) is 0 Å². The lowest BCUT2D eigenvalue weighted by Crippen LogP contribution is -2.60. The molecule has 0 saturated heterocycles. The number of rotatable bonds is 4. The molecule has 90 valence electrons. The summed E-state index contributed by atoms with van der Waals surface area (Å²) < 4.78 is 5.58. The molecule has 3 atom stereocenters. The van der Waals surface area contributed by atoms with Gasteiger partial charge in [0.2, 0.25) is 0 Å². The van der Waals surface area contributed by atoms with Crippen LogP contribution in [0.1, 0.15) is 18.9 Å². The van der Waals surface area contributed by atoms with Crippen LogP contribution in [0.25, 0.3) is 0 Å².